The Kier molecular flexibility index (Phi) is 5.49. The molecule has 0 bridgehead atoms. The SMILES string of the molecule is CC(C)(C)OC(=O)NCCCC(=O)Nc1ccc2c(c1)Cc1ccccc1-2. The van der Waals surface area contributed by atoms with E-state index in [0.29, 0.717) is 19.4 Å². The van der Waals surface area contributed by atoms with Gasteiger partial charge in [0.15, 0.2) is 0 Å². The van der Waals surface area contributed by atoms with Crippen LogP contribution < -0.4 is 10.6 Å². The average molecular weight is 366 g/mol. The third-order valence-corrected chi connectivity index (χ3v) is 4.33. The molecule has 0 unspecified atom stereocenters. The number of rotatable bonds is 5. The van der Waals surface area contributed by atoms with Crippen molar-refractivity contribution in [3.05, 3.63) is 53.6 Å². The molecule has 0 aliphatic heterocycles. The highest BCUT2D eigenvalue weighted by Crippen LogP contribution is 2.37. The molecule has 0 saturated carbocycles. The minimum atomic E-state index is -0.519. The van der Waals surface area contributed by atoms with Crippen molar-refractivity contribution in [2.45, 2.75) is 45.6 Å². The van der Waals surface area contributed by atoms with Gasteiger partial charge in [0.05, 0.1) is 0 Å². The van der Waals surface area contributed by atoms with Crippen molar-refractivity contribution in [2.24, 2.45) is 0 Å². The van der Waals surface area contributed by atoms with E-state index in [1.54, 1.807) is 0 Å². The zero-order chi connectivity index (χ0) is 19.4. The highest BCUT2D eigenvalue weighted by molar-refractivity contribution is 5.91. The molecule has 0 radical (unpaired) electrons. The number of nitrogens with one attached hydrogen (secondary N) is 2. The van der Waals surface area contributed by atoms with E-state index in [4.69, 9.17) is 4.74 Å². The normalized spacial score (nSPS) is 12.1. The summed E-state index contributed by atoms with van der Waals surface area (Å²) in [5.74, 6) is -0.0588. The second-order valence-electron chi connectivity index (χ2n) is 7.79. The lowest BCUT2D eigenvalue weighted by Gasteiger charge is -2.19. The predicted octanol–water partition coefficient (Wildman–Crippen LogP) is 4.50. The van der Waals surface area contributed by atoms with Gasteiger partial charge < -0.3 is 15.4 Å². The molecule has 5 nitrogen and oxygen atoms in total. The smallest absolute Gasteiger partial charge is 0.407 e. The molecule has 0 atom stereocenters. The number of fused-ring (bicyclic) bond motifs is 3. The van der Waals surface area contributed by atoms with Gasteiger partial charge in [-0.1, -0.05) is 30.3 Å². The molecule has 142 valence electrons. The minimum Gasteiger partial charge on any atom is -0.444 e. The number of hydrogen-bond donors (Lipinski definition) is 2. The van der Waals surface area contributed by atoms with Crippen LogP contribution in [0.5, 0.6) is 0 Å². The van der Waals surface area contributed by atoms with Crippen molar-refractivity contribution in [3.63, 3.8) is 0 Å². The summed E-state index contributed by atoms with van der Waals surface area (Å²) in [4.78, 5) is 23.7. The van der Waals surface area contributed by atoms with Crippen LogP contribution >= 0.6 is 0 Å². The molecule has 0 aromatic heterocycles. The van der Waals surface area contributed by atoms with Gasteiger partial charge in [0, 0.05) is 18.7 Å². The molecule has 0 fully saturated rings. The van der Waals surface area contributed by atoms with Gasteiger partial charge in [-0.3, -0.25) is 4.79 Å². The average Bonchev–Trinajstić information content (AvgIpc) is 2.95. The second-order valence-corrected chi connectivity index (χ2v) is 7.79. The van der Waals surface area contributed by atoms with Crippen molar-refractivity contribution in [1.82, 2.24) is 5.32 Å². The third-order valence-electron chi connectivity index (χ3n) is 4.33. The predicted molar refractivity (Wildman–Crippen MR) is 107 cm³/mol. The summed E-state index contributed by atoms with van der Waals surface area (Å²) in [6, 6.07) is 14.4. The summed E-state index contributed by atoms with van der Waals surface area (Å²) in [5, 5.41) is 5.60. The van der Waals surface area contributed by atoms with Crippen LogP contribution in [0.2, 0.25) is 0 Å². The quantitative estimate of drug-likeness (QED) is 0.653. The van der Waals surface area contributed by atoms with Crippen LogP contribution in [0.4, 0.5) is 10.5 Å². The fourth-order valence-corrected chi connectivity index (χ4v) is 3.20. The molecule has 1 aliphatic carbocycles. The first-order valence-corrected chi connectivity index (χ1v) is 9.30. The molecule has 2 aromatic carbocycles. The summed E-state index contributed by atoms with van der Waals surface area (Å²) in [6.45, 7) is 5.85. The highest BCUT2D eigenvalue weighted by atomic mass is 16.6. The van der Waals surface area contributed by atoms with Gasteiger partial charge in [-0.25, -0.2) is 4.79 Å². The van der Waals surface area contributed by atoms with Gasteiger partial charge in [-0.2, -0.15) is 0 Å². The van der Waals surface area contributed by atoms with Gasteiger partial charge in [0.1, 0.15) is 5.60 Å². The van der Waals surface area contributed by atoms with Gasteiger partial charge in [-0.15, -0.1) is 0 Å². The number of amides is 2. The van der Waals surface area contributed by atoms with Crippen molar-refractivity contribution in [1.29, 1.82) is 0 Å². The van der Waals surface area contributed by atoms with Gasteiger partial charge in [-0.05, 0) is 68.0 Å². The standard InChI is InChI=1S/C22H26N2O3/c1-22(2,3)27-21(26)23-12-6-9-20(25)24-17-10-11-19-16(14-17)13-15-7-4-5-8-18(15)19/h4-5,7-8,10-11,14H,6,9,12-13H2,1-3H3,(H,23,26)(H,24,25). The maximum atomic E-state index is 12.1. The summed E-state index contributed by atoms with van der Waals surface area (Å²) in [6.07, 6.45) is 1.34. The molecular weight excluding hydrogens is 340 g/mol. The van der Waals surface area contributed by atoms with Crippen LogP contribution in [0, 0.1) is 0 Å². The molecule has 3 rings (SSSR count). The van der Waals surface area contributed by atoms with Crippen LogP contribution in [0.3, 0.4) is 0 Å². The number of alkyl carbamates (subject to hydrolysis) is 1. The minimum absolute atomic E-state index is 0.0588. The van der Waals surface area contributed by atoms with Crippen LogP contribution in [0.15, 0.2) is 42.5 Å². The number of carbonyl (C=O) groups excluding carboxylic acids is 2. The van der Waals surface area contributed by atoms with E-state index in [1.807, 2.05) is 32.9 Å². The van der Waals surface area contributed by atoms with Gasteiger partial charge in [0.25, 0.3) is 0 Å². The Morgan fingerprint density at radius 3 is 2.56 bits per heavy atom. The Morgan fingerprint density at radius 1 is 1.04 bits per heavy atom. The van der Waals surface area contributed by atoms with E-state index < -0.39 is 11.7 Å². The van der Waals surface area contributed by atoms with E-state index >= 15 is 0 Å². The lowest BCUT2D eigenvalue weighted by molar-refractivity contribution is -0.116. The molecule has 2 N–H and O–H groups in total. The fourth-order valence-electron chi connectivity index (χ4n) is 3.20. The number of hydrogen-bond acceptors (Lipinski definition) is 3. The molecular formula is C22H26N2O3. The molecule has 2 aromatic rings. The molecule has 0 heterocycles. The third kappa shape index (κ3) is 5.09. The van der Waals surface area contributed by atoms with Gasteiger partial charge >= 0.3 is 6.09 Å². The van der Waals surface area contributed by atoms with Crippen molar-refractivity contribution < 1.29 is 14.3 Å². The van der Waals surface area contributed by atoms with E-state index in [-0.39, 0.29) is 5.91 Å². The summed E-state index contributed by atoms with van der Waals surface area (Å²) < 4.78 is 5.16. The second kappa shape index (κ2) is 7.82. The van der Waals surface area contributed by atoms with E-state index in [1.165, 1.54) is 22.3 Å². The number of ether oxygens (including phenoxy) is 1. The van der Waals surface area contributed by atoms with Crippen molar-refractivity contribution >= 4 is 17.7 Å². The van der Waals surface area contributed by atoms with E-state index in [0.717, 1.165) is 12.1 Å². The van der Waals surface area contributed by atoms with E-state index in [9.17, 15) is 9.59 Å². The molecule has 0 saturated heterocycles. The van der Waals surface area contributed by atoms with E-state index in [2.05, 4.69) is 41.0 Å². The first kappa shape index (κ1) is 19.0. The van der Waals surface area contributed by atoms with Crippen LogP contribution in [0.25, 0.3) is 11.1 Å². The number of carbonyl (C=O) groups is 2. The zero-order valence-corrected chi connectivity index (χ0v) is 16.1. The number of anilines is 1. The Morgan fingerprint density at radius 2 is 1.78 bits per heavy atom. The first-order chi connectivity index (χ1) is 12.8. The maximum absolute atomic E-state index is 12.1. The van der Waals surface area contributed by atoms with Crippen LogP contribution in [-0.4, -0.2) is 24.1 Å². The first-order valence-electron chi connectivity index (χ1n) is 9.30. The molecule has 0 spiro atoms. The Bertz CT molecular complexity index is 853. The lowest BCUT2D eigenvalue weighted by atomic mass is 10.1. The van der Waals surface area contributed by atoms with Crippen LogP contribution in [0.1, 0.15) is 44.7 Å². The molecule has 5 heteroatoms. The van der Waals surface area contributed by atoms with Crippen molar-refractivity contribution in [2.75, 3.05) is 11.9 Å². The van der Waals surface area contributed by atoms with Gasteiger partial charge in [0.2, 0.25) is 5.91 Å². The molecule has 2 amide bonds. The summed E-state index contributed by atoms with van der Waals surface area (Å²) in [7, 11) is 0. The highest BCUT2D eigenvalue weighted by Gasteiger charge is 2.18. The maximum Gasteiger partial charge on any atom is 0.407 e. The Balaban J connectivity index is 1.46. The monoisotopic (exact) mass is 366 g/mol. The molecule has 27 heavy (non-hydrogen) atoms. The van der Waals surface area contributed by atoms with Crippen molar-refractivity contribution in [3.8, 4) is 11.1 Å². The Labute approximate surface area is 160 Å². The zero-order valence-electron chi connectivity index (χ0n) is 16.1. The largest absolute Gasteiger partial charge is 0.444 e. The molecule has 1 aliphatic rings. The fraction of sp³-hybridized carbons (Fsp3) is 0.364. The van der Waals surface area contributed by atoms with Crippen LogP contribution in [-0.2, 0) is 16.0 Å². The summed E-state index contributed by atoms with van der Waals surface area (Å²) >= 11 is 0. The Hall–Kier alpha value is -2.82. The number of benzene rings is 2. The topological polar surface area (TPSA) is 67.4 Å². The summed E-state index contributed by atoms with van der Waals surface area (Å²) in [5.41, 5.74) is 5.37. The lowest BCUT2D eigenvalue weighted by Crippen LogP contribution is -2.33.